The molecule has 27 heavy (non-hydrogen) atoms. The first-order valence-corrected chi connectivity index (χ1v) is 11.1. The van der Waals surface area contributed by atoms with Crippen molar-refractivity contribution in [2.24, 2.45) is 5.92 Å². The topological polar surface area (TPSA) is 87.0 Å². The Bertz CT molecular complexity index is 893. The van der Waals surface area contributed by atoms with Crippen LogP contribution in [0, 0.1) is 5.92 Å². The fourth-order valence-electron chi connectivity index (χ4n) is 3.81. The van der Waals surface area contributed by atoms with Crippen LogP contribution in [-0.2, 0) is 14.8 Å². The van der Waals surface area contributed by atoms with Crippen molar-refractivity contribution in [1.82, 2.24) is 14.2 Å². The monoisotopic (exact) mass is 392 g/mol. The average molecular weight is 392 g/mol. The molecule has 2 saturated heterocycles. The predicted molar refractivity (Wildman–Crippen MR) is 102 cm³/mol. The third-order valence-corrected chi connectivity index (χ3v) is 6.72. The molecule has 0 bridgehead atoms. The fourth-order valence-corrected chi connectivity index (χ4v) is 4.64. The molecule has 2 aliphatic heterocycles. The number of piperazine rings is 1. The van der Waals surface area contributed by atoms with Gasteiger partial charge in [0.25, 0.3) is 6.01 Å². The summed E-state index contributed by atoms with van der Waals surface area (Å²) in [7, 11) is -3.18. The number of benzene rings is 1. The Balaban J connectivity index is 1.33. The third kappa shape index (κ3) is 3.79. The number of aromatic nitrogens is 1. The van der Waals surface area contributed by atoms with Crippen molar-refractivity contribution in [2.75, 3.05) is 50.4 Å². The molecule has 2 fully saturated rings. The summed E-state index contributed by atoms with van der Waals surface area (Å²) in [4.78, 5) is 21.2. The summed E-state index contributed by atoms with van der Waals surface area (Å²) in [6, 6.07) is 8.30. The van der Waals surface area contributed by atoms with Crippen LogP contribution in [-0.4, -0.2) is 74.0 Å². The molecule has 2 aliphatic rings. The van der Waals surface area contributed by atoms with Crippen LogP contribution in [0.15, 0.2) is 28.7 Å². The molecule has 4 rings (SSSR count). The largest absolute Gasteiger partial charge is 0.423 e. The highest BCUT2D eigenvalue weighted by molar-refractivity contribution is 7.88. The molecule has 1 aromatic carbocycles. The smallest absolute Gasteiger partial charge is 0.298 e. The SMILES string of the molecule is CS(=O)(=O)N1CCN(C(=O)C2CCN(c3nc4ccccc4o3)CC2)CC1. The van der Waals surface area contributed by atoms with Crippen LogP contribution in [0.4, 0.5) is 6.01 Å². The lowest BCUT2D eigenvalue weighted by Crippen LogP contribution is -2.52. The molecule has 0 aliphatic carbocycles. The van der Waals surface area contributed by atoms with Gasteiger partial charge in [-0.15, -0.1) is 0 Å². The summed E-state index contributed by atoms with van der Waals surface area (Å²) < 4.78 is 30.5. The maximum Gasteiger partial charge on any atom is 0.298 e. The molecular formula is C18H24N4O4S. The van der Waals surface area contributed by atoms with E-state index in [2.05, 4.69) is 9.88 Å². The summed E-state index contributed by atoms with van der Waals surface area (Å²) >= 11 is 0. The number of rotatable bonds is 3. The second kappa shape index (κ2) is 7.12. The van der Waals surface area contributed by atoms with E-state index < -0.39 is 10.0 Å². The zero-order valence-electron chi connectivity index (χ0n) is 15.4. The Morgan fingerprint density at radius 1 is 1.07 bits per heavy atom. The number of nitrogens with zero attached hydrogens (tertiary/aromatic N) is 4. The van der Waals surface area contributed by atoms with Gasteiger partial charge in [-0.3, -0.25) is 4.79 Å². The number of sulfonamides is 1. The number of carbonyl (C=O) groups is 1. The molecule has 0 unspecified atom stereocenters. The highest BCUT2D eigenvalue weighted by Gasteiger charge is 2.32. The van der Waals surface area contributed by atoms with Crippen LogP contribution in [0.25, 0.3) is 11.1 Å². The van der Waals surface area contributed by atoms with E-state index in [4.69, 9.17) is 4.42 Å². The zero-order valence-corrected chi connectivity index (χ0v) is 16.2. The molecule has 146 valence electrons. The Hall–Kier alpha value is -2.13. The van der Waals surface area contributed by atoms with Crippen LogP contribution in [0.3, 0.4) is 0 Å². The number of hydrogen-bond acceptors (Lipinski definition) is 6. The van der Waals surface area contributed by atoms with E-state index in [1.165, 1.54) is 10.6 Å². The van der Waals surface area contributed by atoms with E-state index in [0.29, 0.717) is 32.2 Å². The van der Waals surface area contributed by atoms with Crippen molar-refractivity contribution in [1.29, 1.82) is 0 Å². The first kappa shape index (κ1) is 18.2. The van der Waals surface area contributed by atoms with Gasteiger partial charge in [0.05, 0.1) is 6.26 Å². The van der Waals surface area contributed by atoms with E-state index in [1.807, 2.05) is 24.3 Å². The Morgan fingerprint density at radius 2 is 1.74 bits per heavy atom. The lowest BCUT2D eigenvalue weighted by atomic mass is 9.95. The normalized spacial score (nSPS) is 20.3. The van der Waals surface area contributed by atoms with Crippen LogP contribution < -0.4 is 4.90 Å². The minimum Gasteiger partial charge on any atom is -0.423 e. The van der Waals surface area contributed by atoms with E-state index in [-0.39, 0.29) is 11.8 Å². The Morgan fingerprint density at radius 3 is 2.37 bits per heavy atom. The van der Waals surface area contributed by atoms with Crippen LogP contribution in [0.2, 0.25) is 0 Å². The molecule has 3 heterocycles. The van der Waals surface area contributed by atoms with Crippen LogP contribution in [0.1, 0.15) is 12.8 Å². The number of piperidine rings is 1. The van der Waals surface area contributed by atoms with Gasteiger partial charge in [0, 0.05) is 45.2 Å². The quantitative estimate of drug-likeness (QED) is 0.779. The maximum absolute atomic E-state index is 12.8. The van der Waals surface area contributed by atoms with Crippen molar-refractivity contribution in [3.8, 4) is 0 Å². The van der Waals surface area contributed by atoms with Crippen molar-refractivity contribution < 1.29 is 17.6 Å². The maximum atomic E-state index is 12.8. The van der Waals surface area contributed by atoms with Gasteiger partial charge in [0.2, 0.25) is 15.9 Å². The van der Waals surface area contributed by atoms with Gasteiger partial charge in [0.15, 0.2) is 5.58 Å². The molecule has 1 aromatic heterocycles. The van der Waals surface area contributed by atoms with Gasteiger partial charge in [-0.1, -0.05) is 12.1 Å². The lowest BCUT2D eigenvalue weighted by Gasteiger charge is -2.37. The van der Waals surface area contributed by atoms with Crippen LogP contribution >= 0.6 is 0 Å². The number of para-hydroxylation sites is 2. The van der Waals surface area contributed by atoms with Gasteiger partial charge < -0.3 is 14.2 Å². The summed E-state index contributed by atoms with van der Waals surface area (Å²) in [6.45, 7) is 3.16. The molecule has 0 spiro atoms. The van der Waals surface area contributed by atoms with Gasteiger partial charge in [-0.2, -0.15) is 9.29 Å². The van der Waals surface area contributed by atoms with Gasteiger partial charge in [-0.25, -0.2) is 8.42 Å². The summed E-state index contributed by atoms with van der Waals surface area (Å²) in [5, 5.41) is 0. The first-order chi connectivity index (χ1) is 12.9. The highest BCUT2D eigenvalue weighted by Crippen LogP contribution is 2.27. The highest BCUT2D eigenvalue weighted by atomic mass is 32.2. The molecule has 0 atom stereocenters. The minimum absolute atomic E-state index is 0.0181. The van der Waals surface area contributed by atoms with Crippen molar-refractivity contribution in [2.45, 2.75) is 12.8 Å². The number of amides is 1. The Kier molecular flexibility index (Phi) is 4.81. The zero-order chi connectivity index (χ0) is 19.0. The summed E-state index contributed by atoms with van der Waals surface area (Å²) in [5.74, 6) is 0.121. The molecule has 0 radical (unpaired) electrons. The van der Waals surface area contributed by atoms with Crippen molar-refractivity contribution >= 4 is 33.0 Å². The van der Waals surface area contributed by atoms with E-state index in [9.17, 15) is 13.2 Å². The number of fused-ring (bicyclic) bond motifs is 1. The van der Waals surface area contributed by atoms with Gasteiger partial charge in [0.1, 0.15) is 5.52 Å². The summed E-state index contributed by atoms with van der Waals surface area (Å²) in [6.07, 6.45) is 2.72. The van der Waals surface area contributed by atoms with Crippen molar-refractivity contribution in [3.63, 3.8) is 0 Å². The number of carbonyl (C=O) groups excluding carboxylic acids is 1. The number of hydrogen-bond donors (Lipinski definition) is 0. The van der Waals surface area contributed by atoms with E-state index in [0.717, 1.165) is 37.0 Å². The van der Waals surface area contributed by atoms with Gasteiger partial charge in [-0.05, 0) is 25.0 Å². The van der Waals surface area contributed by atoms with E-state index >= 15 is 0 Å². The number of oxazole rings is 1. The van der Waals surface area contributed by atoms with Crippen molar-refractivity contribution in [3.05, 3.63) is 24.3 Å². The predicted octanol–water partition coefficient (Wildman–Crippen LogP) is 1.15. The molecule has 2 aromatic rings. The lowest BCUT2D eigenvalue weighted by molar-refractivity contribution is -0.137. The standard InChI is InChI=1S/C18H24N4O4S/c1-27(24,25)22-12-10-20(11-13-22)17(23)14-6-8-21(9-7-14)18-19-15-4-2-3-5-16(15)26-18/h2-5,14H,6-13H2,1H3. The molecular weight excluding hydrogens is 368 g/mol. The minimum atomic E-state index is -3.18. The fraction of sp³-hybridized carbons (Fsp3) is 0.556. The average Bonchev–Trinajstić information content (AvgIpc) is 3.11. The second-order valence-corrected chi connectivity index (χ2v) is 9.20. The number of anilines is 1. The second-order valence-electron chi connectivity index (χ2n) is 7.21. The summed E-state index contributed by atoms with van der Waals surface area (Å²) in [5.41, 5.74) is 1.61. The molecule has 0 N–H and O–H groups in total. The van der Waals surface area contributed by atoms with E-state index in [1.54, 1.807) is 4.90 Å². The van der Waals surface area contributed by atoms with Gasteiger partial charge >= 0.3 is 0 Å². The Labute approximate surface area is 158 Å². The third-order valence-electron chi connectivity index (χ3n) is 5.42. The molecule has 8 nitrogen and oxygen atoms in total. The van der Waals surface area contributed by atoms with Crippen LogP contribution in [0.5, 0.6) is 0 Å². The molecule has 9 heteroatoms. The first-order valence-electron chi connectivity index (χ1n) is 9.26. The molecule has 1 amide bonds. The molecule has 0 saturated carbocycles.